The van der Waals surface area contributed by atoms with Gasteiger partial charge >= 0.3 is 0 Å². The summed E-state index contributed by atoms with van der Waals surface area (Å²) in [6.07, 6.45) is 14.2. The number of aryl methyl sites for hydroxylation is 2. The third kappa shape index (κ3) is 4.82. The summed E-state index contributed by atoms with van der Waals surface area (Å²) >= 11 is 0. The van der Waals surface area contributed by atoms with Crippen LogP contribution in [0, 0.1) is 44.1 Å². The van der Waals surface area contributed by atoms with Gasteiger partial charge in [-0.1, -0.05) is 18.4 Å². The molecule has 2 heterocycles. The Labute approximate surface area is 174 Å². The van der Waals surface area contributed by atoms with Crippen molar-refractivity contribution >= 4 is 0 Å². The Bertz CT molecular complexity index is 576. The first-order chi connectivity index (χ1) is 10.8. The fourth-order valence-corrected chi connectivity index (χ4v) is 3.32. The van der Waals surface area contributed by atoms with Gasteiger partial charge in [-0.2, -0.15) is 0 Å². The predicted molar refractivity (Wildman–Crippen MR) is 88.3 cm³/mol. The molecule has 23 heavy (non-hydrogen) atoms. The molecule has 0 aromatic carbocycles. The molecule has 3 N–H and O–H groups in total. The van der Waals surface area contributed by atoms with E-state index in [2.05, 4.69) is 9.97 Å². The van der Waals surface area contributed by atoms with Gasteiger partial charge < -0.3 is 11.5 Å². The molecule has 0 amide bonds. The first kappa shape index (κ1) is 19.0. The molecule has 0 fully saturated rings. The summed E-state index contributed by atoms with van der Waals surface area (Å²) in [6, 6.07) is 4.27. The van der Waals surface area contributed by atoms with Crippen LogP contribution < -0.4 is 5.73 Å². The van der Waals surface area contributed by atoms with Crippen LogP contribution in [0.3, 0.4) is 0 Å². The summed E-state index contributed by atoms with van der Waals surface area (Å²) in [4.78, 5) is 8.13. The van der Waals surface area contributed by atoms with Crippen LogP contribution in [0.1, 0.15) is 60.0 Å². The van der Waals surface area contributed by atoms with Gasteiger partial charge in [-0.3, -0.25) is 9.97 Å². The van der Waals surface area contributed by atoms with Gasteiger partial charge in [0.2, 0.25) is 0 Å². The van der Waals surface area contributed by atoms with Gasteiger partial charge in [0, 0.05) is 74.9 Å². The maximum atomic E-state index is 7.73. The third-order valence-corrected chi connectivity index (χ3v) is 4.56. The molecule has 2 aromatic rings. The fraction of sp³-hybridized carbons (Fsp3) is 0.444. The van der Waals surface area contributed by atoms with Crippen LogP contribution in [0.2, 0.25) is 0 Å². The topological polar surface area (TPSA) is 75.6 Å². The summed E-state index contributed by atoms with van der Waals surface area (Å²) in [6.45, 7) is 0. The largest absolute Gasteiger partial charge is 0.671 e. The van der Waals surface area contributed by atoms with Crippen LogP contribution in [0.25, 0.3) is 5.73 Å². The minimum Gasteiger partial charge on any atom is -0.671 e. The molecule has 2 aromatic heterocycles. The van der Waals surface area contributed by atoms with Gasteiger partial charge in [0.25, 0.3) is 0 Å². The molecule has 2 atom stereocenters. The first-order valence-corrected chi connectivity index (χ1v) is 8.08. The standard InChI is InChI=1S/C9H12N2.C9H11N2.Ac/c2*10-9-3-1-2-7-6-11-5-4-8(7)9;/h4-6,9H,1-3,10H2;4-6,9-10H,1-3H2;/q;-1;/t2*9-;/m01./s1. The van der Waals surface area contributed by atoms with Gasteiger partial charge in [0.1, 0.15) is 0 Å². The molecule has 1 radical (unpaired) electrons. The zero-order chi connectivity index (χ0) is 15.4. The van der Waals surface area contributed by atoms with E-state index in [1.54, 1.807) is 6.20 Å². The molecule has 0 aliphatic heterocycles. The number of pyridine rings is 2. The number of aromatic nitrogens is 2. The van der Waals surface area contributed by atoms with Gasteiger partial charge in [0.05, 0.1) is 0 Å². The predicted octanol–water partition coefficient (Wildman–Crippen LogP) is 3.93. The number of rotatable bonds is 0. The van der Waals surface area contributed by atoms with Crippen LogP contribution >= 0.6 is 0 Å². The Morgan fingerprint density at radius 3 is 2.09 bits per heavy atom. The third-order valence-electron chi connectivity index (χ3n) is 4.56. The molecule has 2 aliphatic rings. The smallest absolute Gasteiger partial charge is 0.0303 e. The number of nitrogens with two attached hydrogens (primary N) is 1. The van der Waals surface area contributed by atoms with Crippen LogP contribution in [0.5, 0.6) is 0 Å². The van der Waals surface area contributed by atoms with Crippen molar-refractivity contribution in [3.63, 3.8) is 0 Å². The summed E-state index contributed by atoms with van der Waals surface area (Å²) in [5.41, 5.74) is 18.7. The minimum absolute atomic E-state index is 0. The van der Waals surface area contributed by atoms with E-state index < -0.39 is 0 Å². The molecule has 4 rings (SSSR count). The molecule has 0 bridgehead atoms. The van der Waals surface area contributed by atoms with Crippen molar-refractivity contribution in [3.8, 4) is 0 Å². The number of nitrogens with one attached hydrogen (secondary N) is 1. The van der Waals surface area contributed by atoms with Crippen molar-refractivity contribution < 1.29 is 44.1 Å². The van der Waals surface area contributed by atoms with Crippen molar-refractivity contribution in [2.75, 3.05) is 0 Å². The van der Waals surface area contributed by atoms with E-state index in [1.165, 1.54) is 28.7 Å². The van der Waals surface area contributed by atoms with Crippen molar-refractivity contribution in [2.45, 2.75) is 50.6 Å². The molecular formula is C18H23AcN4-. The molecule has 4 nitrogen and oxygen atoms in total. The minimum atomic E-state index is 0. The zero-order valence-electron chi connectivity index (χ0n) is 13.4. The Kier molecular flexibility index (Phi) is 7.62. The van der Waals surface area contributed by atoms with Crippen LogP contribution in [0.4, 0.5) is 0 Å². The zero-order valence-corrected chi connectivity index (χ0v) is 18.2. The van der Waals surface area contributed by atoms with Crippen LogP contribution in [-0.2, 0) is 12.8 Å². The quantitative estimate of drug-likeness (QED) is 0.570. The molecule has 119 valence electrons. The Hall–Kier alpha value is -0.338. The number of hydrogen-bond acceptors (Lipinski definition) is 3. The number of fused-ring (bicyclic) bond motifs is 2. The molecule has 0 unspecified atom stereocenters. The van der Waals surface area contributed by atoms with E-state index in [9.17, 15) is 0 Å². The SMILES string of the molecule is N[C@H]1CCCc2cnccc21.[Ac].[NH-][C@@H]1CCCc2cnccc21. The second kappa shape index (κ2) is 9.22. The van der Waals surface area contributed by atoms with E-state index in [0.717, 1.165) is 32.1 Å². The van der Waals surface area contributed by atoms with E-state index >= 15 is 0 Å². The number of hydrogen-bond donors (Lipinski definition) is 1. The summed E-state index contributed by atoms with van der Waals surface area (Å²) < 4.78 is 0. The fourth-order valence-electron chi connectivity index (χ4n) is 3.32. The molecule has 5 heteroatoms. The Morgan fingerprint density at radius 1 is 0.913 bits per heavy atom. The maximum absolute atomic E-state index is 7.73. The number of nitrogens with zero attached hydrogens (tertiary/aromatic N) is 2. The first-order valence-electron chi connectivity index (χ1n) is 8.08. The van der Waals surface area contributed by atoms with E-state index in [4.69, 9.17) is 11.5 Å². The summed E-state index contributed by atoms with van der Waals surface area (Å²) in [5, 5.41) is 0. The van der Waals surface area contributed by atoms with Crippen molar-refractivity contribution in [1.82, 2.24) is 9.97 Å². The molecular weight excluding hydrogens is 499 g/mol. The van der Waals surface area contributed by atoms with Crippen molar-refractivity contribution in [2.24, 2.45) is 5.73 Å². The average molecular weight is 522 g/mol. The monoisotopic (exact) mass is 522 g/mol. The second-order valence-electron chi connectivity index (χ2n) is 6.09. The molecule has 0 spiro atoms. The normalized spacial score (nSPS) is 21.8. The van der Waals surface area contributed by atoms with Gasteiger partial charge in [-0.25, -0.2) is 0 Å². The Balaban J connectivity index is 0.000000160. The second-order valence-corrected chi connectivity index (χ2v) is 6.09. The van der Waals surface area contributed by atoms with Gasteiger partial charge in [-0.05, 0) is 54.5 Å². The van der Waals surface area contributed by atoms with Crippen molar-refractivity contribution in [1.29, 1.82) is 0 Å². The van der Waals surface area contributed by atoms with Crippen LogP contribution in [0.15, 0.2) is 36.9 Å². The molecule has 2 aliphatic carbocycles. The summed E-state index contributed by atoms with van der Waals surface area (Å²) in [5.74, 6) is 0. The Morgan fingerprint density at radius 2 is 1.48 bits per heavy atom. The van der Waals surface area contributed by atoms with E-state index in [-0.39, 0.29) is 56.1 Å². The van der Waals surface area contributed by atoms with Gasteiger partial charge in [-0.15, -0.1) is 6.04 Å². The van der Waals surface area contributed by atoms with E-state index in [1.807, 2.05) is 30.7 Å². The van der Waals surface area contributed by atoms with Crippen LogP contribution in [-0.4, -0.2) is 9.97 Å². The molecule has 0 saturated heterocycles. The average Bonchev–Trinajstić information content (AvgIpc) is 2.57. The van der Waals surface area contributed by atoms with Crippen molar-refractivity contribution in [3.05, 3.63) is 64.9 Å². The summed E-state index contributed by atoms with van der Waals surface area (Å²) in [7, 11) is 0. The maximum Gasteiger partial charge on any atom is 0.0303 e. The molecule has 0 saturated carbocycles. The van der Waals surface area contributed by atoms with Gasteiger partial charge in [0.15, 0.2) is 0 Å². The van der Waals surface area contributed by atoms with E-state index in [0.29, 0.717) is 0 Å².